The lowest BCUT2D eigenvalue weighted by Gasteiger charge is -2.34. The highest BCUT2D eigenvalue weighted by Gasteiger charge is 2.22. The van der Waals surface area contributed by atoms with Gasteiger partial charge in [0.05, 0.1) is 0 Å². The summed E-state index contributed by atoms with van der Waals surface area (Å²) in [6, 6.07) is 0.690. The number of nitrogens with zero attached hydrogens (tertiary/aromatic N) is 2. The van der Waals surface area contributed by atoms with E-state index in [0.717, 1.165) is 38.9 Å². The fourth-order valence-electron chi connectivity index (χ4n) is 1.95. The third-order valence-electron chi connectivity index (χ3n) is 2.93. The van der Waals surface area contributed by atoms with Gasteiger partial charge in [0.1, 0.15) is 0 Å². The van der Waals surface area contributed by atoms with Gasteiger partial charge < -0.3 is 15.1 Å². The van der Waals surface area contributed by atoms with Gasteiger partial charge in [0.15, 0.2) is 0 Å². The predicted octanol–water partition coefficient (Wildman–Crippen LogP) is 1.30. The minimum absolute atomic E-state index is 0.129. The second-order valence-electron chi connectivity index (χ2n) is 4.47. The Morgan fingerprint density at radius 2 is 2.12 bits per heavy atom. The van der Waals surface area contributed by atoms with Gasteiger partial charge in [-0.3, -0.25) is 0 Å². The molecule has 1 rings (SSSR count). The Morgan fingerprint density at radius 1 is 1.50 bits per heavy atom. The highest BCUT2D eigenvalue weighted by Crippen LogP contribution is 2.11. The lowest BCUT2D eigenvalue weighted by molar-refractivity contribution is 0.152. The highest BCUT2D eigenvalue weighted by molar-refractivity contribution is 5.73. The number of amides is 2. The van der Waals surface area contributed by atoms with E-state index in [-0.39, 0.29) is 6.03 Å². The third kappa shape index (κ3) is 3.85. The van der Waals surface area contributed by atoms with Crippen LogP contribution in [0.4, 0.5) is 4.79 Å². The van der Waals surface area contributed by atoms with Crippen molar-refractivity contribution in [3.63, 3.8) is 0 Å². The van der Waals surface area contributed by atoms with Crippen molar-refractivity contribution in [3.05, 3.63) is 12.7 Å². The van der Waals surface area contributed by atoms with Crippen molar-refractivity contribution in [2.75, 3.05) is 33.7 Å². The van der Waals surface area contributed by atoms with Crippen LogP contribution >= 0.6 is 0 Å². The third-order valence-corrected chi connectivity index (χ3v) is 2.93. The maximum atomic E-state index is 11.7. The fourth-order valence-corrected chi connectivity index (χ4v) is 1.95. The van der Waals surface area contributed by atoms with Crippen molar-refractivity contribution < 1.29 is 4.79 Å². The summed E-state index contributed by atoms with van der Waals surface area (Å²) in [6.45, 7) is 6.42. The van der Waals surface area contributed by atoms with Gasteiger partial charge in [-0.15, -0.1) is 6.58 Å². The molecule has 4 heteroatoms. The van der Waals surface area contributed by atoms with Crippen LogP contribution in [-0.4, -0.2) is 55.6 Å². The highest BCUT2D eigenvalue weighted by atomic mass is 16.2. The molecule has 0 aromatic carbocycles. The molecule has 92 valence electrons. The van der Waals surface area contributed by atoms with Gasteiger partial charge in [-0.2, -0.15) is 0 Å². The van der Waals surface area contributed by atoms with E-state index >= 15 is 0 Å². The molecule has 0 aromatic heterocycles. The van der Waals surface area contributed by atoms with Crippen LogP contribution in [0.2, 0.25) is 0 Å². The standard InChI is InChI=1S/C12H23N3O/c1-4-5-8-13-11-6-9-15(10-7-11)12(16)14(2)3/h4,11,13H,1,5-10H2,2-3H3. The molecule has 4 nitrogen and oxygen atoms in total. The van der Waals surface area contributed by atoms with E-state index in [9.17, 15) is 4.79 Å². The molecular formula is C12H23N3O. The number of carbonyl (C=O) groups excluding carboxylic acids is 1. The SMILES string of the molecule is C=CCCNC1CCN(C(=O)N(C)C)CC1. The monoisotopic (exact) mass is 225 g/mol. The number of likely N-dealkylation sites (tertiary alicyclic amines) is 1. The molecule has 16 heavy (non-hydrogen) atoms. The van der Waals surface area contributed by atoms with Crippen molar-refractivity contribution in [3.8, 4) is 0 Å². The first-order valence-corrected chi connectivity index (χ1v) is 5.95. The summed E-state index contributed by atoms with van der Waals surface area (Å²) in [5.74, 6) is 0. The van der Waals surface area contributed by atoms with Crippen LogP contribution in [0.5, 0.6) is 0 Å². The van der Waals surface area contributed by atoms with Crippen molar-refractivity contribution in [2.45, 2.75) is 25.3 Å². The molecule has 0 radical (unpaired) electrons. The molecule has 0 aromatic rings. The molecule has 1 saturated heterocycles. The molecule has 0 spiro atoms. The maximum absolute atomic E-state index is 11.7. The largest absolute Gasteiger partial charge is 0.331 e. The molecule has 1 aliphatic heterocycles. The molecule has 1 heterocycles. The Bertz CT molecular complexity index is 232. The zero-order valence-corrected chi connectivity index (χ0v) is 10.4. The zero-order chi connectivity index (χ0) is 12.0. The number of rotatable bonds is 4. The summed E-state index contributed by atoms with van der Waals surface area (Å²) in [6.07, 6.45) is 5.04. The lowest BCUT2D eigenvalue weighted by Crippen LogP contribution is -2.48. The molecule has 0 bridgehead atoms. The average Bonchev–Trinajstić information content (AvgIpc) is 2.29. The smallest absolute Gasteiger partial charge is 0.319 e. The van der Waals surface area contributed by atoms with Crippen LogP contribution in [-0.2, 0) is 0 Å². The summed E-state index contributed by atoms with van der Waals surface area (Å²) >= 11 is 0. The fraction of sp³-hybridized carbons (Fsp3) is 0.750. The van der Waals surface area contributed by atoms with E-state index in [1.165, 1.54) is 0 Å². The number of carbonyl (C=O) groups is 1. The van der Waals surface area contributed by atoms with Gasteiger partial charge in [0.25, 0.3) is 0 Å². The van der Waals surface area contributed by atoms with Crippen LogP contribution in [0.25, 0.3) is 0 Å². The Balaban J connectivity index is 2.23. The van der Waals surface area contributed by atoms with Gasteiger partial charge >= 0.3 is 6.03 Å². The van der Waals surface area contributed by atoms with Crippen LogP contribution in [0.1, 0.15) is 19.3 Å². The Morgan fingerprint density at radius 3 is 2.62 bits per heavy atom. The summed E-state index contributed by atoms with van der Waals surface area (Å²) in [4.78, 5) is 15.2. The molecule has 0 atom stereocenters. The molecule has 2 amide bonds. The van der Waals surface area contributed by atoms with E-state index < -0.39 is 0 Å². The van der Waals surface area contributed by atoms with Crippen LogP contribution in [0.15, 0.2) is 12.7 Å². The molecule has 1 N–H and O–H groups in total. The Labute approximate surface area is 98.3 Å². The van der Waals surface area contributed by atoms with Crippen LogP contribution < -0.4 is 5.32 Å². The number of hydrogen-bond donors (Lipinski definition) is 1. The predicted molar refractivity (Wildman–Crippen MR) is 66.5 cm³/mol. The quantitative estimate of drug-likeness (QED) is 0.578. The molecular weight excluding hydrogens is 202 g/mol. The van der Waals surface area contributed by atoms with E-state index in [1.54, 1.807) is 19.0 Å². The van der Waals surface area contributed by atoms with Crippen LogP contribution in [0.3, 0.4) is 0 Å². The Kier molecular flexibility index (Phi) is 5.32. The summed E-state index contributed by atoms with van der Waals surface area (Å²) in [7, 11) is 3.60. The molecule has 0 unspecified atom stereocenters. The lowest BCUT2D eigenvalue weighted by atomic mass is 10.1. The van der Waals surface area contributed by atoms with Crippen molar-refractivity contribution >= 4 is 6.03 Å². The van der Waals surface area contributed by atoms with Crippen molar-refractivity contribution in [1.82, 2.24) is 15.1 Å². The normalized spacial score (nSPS) is 17.2. The second kappa shape index (κ2) is 6.53. The number of hydrogen-bond acceptors (Lipinski definition) is 2. The van der Waals surface area contributed by atoms with Crippen molar-refractivity contribution in [1.29, 1.82) is 0 Å². The first-order chi connectivity index (χ1) is 7.65. The minimum atomic E-state index is 0.129. The second-order valence-corrected chi connectivity index (χ2v) is 4.47. The minimum Gasteiger partial charge on any atom is -0.331 e. The topological polar surface area (TPSA) is 35.6 Å². The van der Waals surface area contributed by atoms with Gasteiger partial charge in [-0.05, 0) is 25.8 Å². The van der Waals surface area contributed by atoms with E-state index in [0.29, 0.717) is 6.04 Å². The summed E-state index contributed by atoms with van der Waals surface area (Å²) in [5, 5.41) is 3.49. The van der Waals surface area contributed by atoms with Crippen LogP contribution in [0, 0.1) is 0 Å². The van der Waals surface area contributed by atoms with E-state index in [4.69, 9.17) is 0 Å². The average molecular weight is 225 g/mol. The zero-order valence-electron chi connectivity index (χ0n) is 10.4. The number of piperidine rings is 1. The van der Waals surface area contributed by atoms with Crippen molar-refractivity contribution in [2.24, 2.45) is 0 Å². The molecule has 1 fully saturated rings. The first-order valence-electron chi connectivity index (χ1n) is 5.95. The number of nitrogens with one attached hydrogen (secondary N) is 1. The number of urea groups is 1. The van der Waals surface area contributed by atoms with Gasteiger partial charge in [0.2, 0.25) is 0 Å². The van der Waals surface area contributed by atoms with E-state index in [2.05, 4.69) is 11.9 Å². The molecule has 0 saturated carbocycles. The van der Waals surface area contributed by atoms with Gasteiger partial charge in [-0.1, -0.05) is 6.08 Å². The van der Waals surface area contributed by atoms with Gasteiger partial charge in [0, 0.05) is 33.2 Å². The van der Waals surface area contributed by atoms with Gasteiger partial charge in [-0.25, -0.2) is 4.79 Å². The first kappa shape index (κ1) is 13.0. The molecule has 1 aliphatic rings. The molecule has 0 aliphatic carbocycles. The summed E-state index contributed by atoms with van der Waals surface area (Å²) < 4.78 is 0. The maximum Gasteiger partial charge on any atom is 0.319 e. The summed E-state index contributed by atoms with van der Waals surface area (Å²) in [5.41, 5.74) is 0. The Hall–Kier alpha value is -1.03. The van der Waals surface area contributed by atoms with E-state index in [1.807, 2.05) is 11.0 Å².